The zero-order valence-electron chi connectivity index (χ0n) is 10.5. The van der Waals surface area contributed by atoms with Crippen LogP contribution < -0.4 is 0 Å². The van der Waals surface area contributed by atoms with Crippen molar-refractivity contribution in [2.24, 2.45) is 0 Å². The van der Waals surface area contributed by atoms with E-state index in [-0.39, 0.29) is 18.6 Å². The molecule has 0 aromatic carbocycles. The zero-order valence-corrected chi connectivity index (χ0v) is 12.2. The molecule has 0 aliphatic carbocycles. The van der Waals surface area contributed by atoms with Gasteiger partial charge in [0.2, 0.25) is 0 Å². The molecular formula is C9H19O7PS. The highest BCUT2D eigenvalue weighted by Crippen LogP contribution is 2.54. The number of hydrogen-bond acceptors (Lipinski definition) is 4. The molecule has 0 rings (SSSR count). The predicted octanol–water partition coefficient (Wildman–Crippen LogP) is 1.24. The third kappa shape index (κ3) is 5.86. The van der Waals surface area contributed by atoms with Crippen LogP contribution >= 0.6 is 19.4 Å². The third-order valence-electron chi connectivity index (χ3n) is 2.39. The van der Waals surface area contributed by atoms with Gasteiger partial charge >= 0.3 is 19.5 Å². The van der Waals surface area contributed by atoms with Crippen molar-refractivity contribution in [1.82, 2.24) is 0 Å². The van der Waals surface area contributed by atoms with E-state index in [1.807, 2.05) is 0 Å². The van der Waals surface area contributed by atoms with Crippen LogP contribution in [0.25, 0.3) is 0 Å². The lowest BCUT2D eigenvalue weighted by molar-refractivity contribution is -0.141. The molecule has 0 radical (unpaired) electrons. The van der Waals surface area contributed by atoms with Crippen molar-refractivity contribution < 1.29 is 34.2 Å². The van der Waals surface area contributed by atoms with Gasteiger partial charge in [-0.2, -0.15) is 11.8 Å². The topological polar surface area (TPSA) is 132 Å². The van der Waals surface area contributed by atoms with Gasteiger partial charge in [-0.05, 0) is 19.1 Å². The van der Waals surface area contributed by atoms with Gasteiger partial charge in [0.15, 0.2) is 5.16 Å². The average Bonchev–Trinajstić information content (AvgIpc) is 2.18. The van der Waals surface area contributed by atoms with E-state index in [1.54, 1.807) is 6.26 Å². The summed E-state index contributed by atoms with van der Waals surface area (Å²) in [5.41, 5.74) is 0. The Morgan fingerprint density at radius 3 is 1.56 bits per heavy atom. The Bertz CT molecular complexity index is 321. The zero-order chi connectivity index (χ0) is 15.0. The number of rotatable bonds is 6. The van der Waals surface area contributed by atoms with Gasteiger partial charge in [0.05, 0.1) is 5.75 Å². The van der Waals surface area contributed by atoms with Gasteiger partial charge in [0.1, 0.15) is 0 Å². The molecule has 0 amide bonds. The lowest BCUT2D eigenvalue weighted by Crippen LogP contribution is -2.36. The van der Waals surface area contributed by atoms with Gasteiger partial charge in [-0.3, -0.25) is 14.2 Å². The summed E-state index contributed by atoms with van der Waals surface area (Å²) in [6.07, 6.45) is 1.63. The van der Waals surface area contributed by atoms with Crippen molar-refractivity contribution in [3.8, 4) is 0 Å². The molecule has 0 bridgehead atoms. The fraction of sp³-hybridized carbons (Fsp3) is 0.778. The fourth-order valence-corrected chi connectivity index (χ4v) is 2.53. The summed E-state index contributed by atoms with van der Waals surface area (Å²) in [6, 6.07) is 0. The highest BCUT2D eigenvalue weighted by atomic mass is 32.2. The van der Waals surface area contributed by atoms with Gasteiger partial charge in [-0.15, -0.1) is 0 Å². The Kier molecular flexibility index (Phi) is 9.37. The highest BCUT2D eigenvalue weighted by Gasteiger charge is 2.50. The molecule has 4 N–H and O–H groups in total. The third-order valence-corrected chi connectivity index (χ3v) is 4.87. The van der Waals surface area contributed by atoms with Gasteiger partial charge in [0.25, 0.3) is 0 Å². The summed E-state index contributed by atoms with van der Waals surface area (Å²) in [7, 11) is -4.56. The molecular weight excluding hydrogens is 283 g/mol. The molecule has 108 valence electrons. The van der Waals surface area contributed by atoms with E-state index >= 15 is 0 Å². The smallest absolute Gasteiger partial charge is 0.342 e. The van der Waals surface area contributed by atoms with E-state index in [1.165, 1.54) is 25.6 Å². The van der Waals surface area contributed by atoms with Crippen molar-refractivity contribution in [2.75, 3.05) is 12.0 Å². The normalized spacial score (nSPS) is 11.4. The summed E-state index contributed by atoms with van der Waals surface area (Å²) in [5.74, 6) is -1.97. The van der Waals surface area contributed by atoms with Crippen LogP contribution in [0.3, 0.4) is 0 Å². The molecule has 7 nitrogen and oxygen atoms in total. The number of carbonyl (C=O) groups is 2. The Morgan fingerprint density at radius 1 is 1.17 bits per heavy atom. The number of aliphatic carboxylic acids is 2. The Labute approximate surface area is 110 Å². The number of hydrogen-bond donors (Lipinski definition) is 4. The summed E-state index contributed by atoms with van der Waals surface area (Å²) in [5, 5.41) is 14.7. The second kappa shape index (κ2) is 8.53. The molecule has 0 heterocycles. The first-order chi connectivity index (χ1) is 8.08. The summed E-state index contributed by atoms with van der Waals surface area (Å²) in [6.45, 7) is 2.91. The summed E-state index contributed by atoms with van der Waals surface area (Å²) in [4.78, 5) is 37.9. The van der Waals surface area contributed by atoms with Crippen molar-refractivity contribution in [3.05, 3.63) is 0 Å². The molecule has 0 aromatic heterocycles. The number of carboxylic acids is 2. The summed E-state index contributed by atoms with van der Waals surface area (Å²) >= 11 is 1.31. The van der Waals surface area contributed by atoms with Gasteiger partial charge in [0, 0.05) is 0 Å². The minimum Gasteiger partial charge on any atom is -0.481 e. The molecule has 0 saturated heterocycles. The molecule has 18 heavy (non-hydrogen) atoms. The van der Waals surface area contributed by atoms with Crippen LogP contribution in [0.2, 0.25) is 0 Å². The van der Waals surface area contributed by atoms with Crippen molar-refractivity contribution in [3.63, 3.8) is 0 Å². The van der Waals surface area contributed by atoms with Crippen molar-refractivity contribution in [1.29, 1.82) is 0 Å². The lowest BCUT2D eigenvalue weighted by atomic mass is 10.0. The molecule has 0 aromatic rings. The van der Waals surface area contributed by atoms with Crippen LogP contribution in [-0.2, 0) is 14.2 Å². The standard InChI is InChI=1S/C6H13O5P.C3H6O2S/c1-3-6(4-2,5(7)8)12(9,10)11;1-6-2-3(4)5/h3-4H2,1-2H3,(H,7,8)(H2,9,10,11);2H2,1H3,(H,4,5). The minimum atomic E-state index is -4.56. The lowest BCUT2D eigenvalue weighted by Gasteiger charge is -2.26. The molecule has 0 atom stereocenters. The Balaban J connectivity index is 0. The Hall–Kier alpha value is -0.560. The van der Waals surface area contributed by atoms with Gasteiger partial charge in [-0.25, -0.2) is 0 Å². The first-order valence-electron chi connectivity index (χ1n) is 5.08. The molecule has 0 fully saturated rings. The van der Waals surface area contributed by atoms with Crippen LogP contribution in [-0.4, -0.2) is 49.1 Å². The Morgan fingerprint density at radius 2 is 1.56 bits per heavy atom. The quantitative estimate of drug-likeness (QED) is 0.539. The first-order valence-corrected chi connectivity index (χ1v) is 8.09. The maximum atomic E-state index is 10.9. The van der Waals surface area contributed by atoms with Crippen LogP contribution in [0, 0.1) is 0 Å². The summed E-state index contributed by atoms with van der Waals surface area (Å²) < 4.78 is 10.9. The first kappa shape index (κ1) is 19.8. The fourth-order valence-electron chi connectivity index (χ4n) is 1.21. The molecule has 0 aliphatic rings. The molecule has 0 unspecified atom stereocenters. The van der Waals surface area contributed by atoms with Crippen molar-refractivity contribution in [2.45, 2.75) is 31.8 Å². The van der Waals surface area contributed by atoms with E-state index < -0.39 is 24.7 Å². The monoisotopic (exact) mass is 302 g/mol. The van der Waals surface area contributed by atoms with E-state index in [0.717, 1.165) is 0 Å². The second-order valence-corrected chi connectivity index (χ2v) is 6.22. The van der Waals surface area contributed by atoms with Gasteiger partial charge in [-0.1, -0.05) is 13.8 Å². The number of carboxylic acid groups (broad SMARTS) is 2. The molecule has 9 heteroatoms. The van der Waals surface area contributed by atoms with E-state index in [4.69, 9.17) is 20.0 Å². The van der Waals surface area contributed by atoms with Crippen LogP contribution in [0.15, 0.2) is 0 Å². The molecule has 0 spiro atoms. The molecule has 0 aliphatic heterocycles. The maximum Gasteiger partial charge on any atom is 0.342 e. The highest BCUT2D eigenvalue weighted by molar-refractivity contribution is 7.99. The van der Waals surface area contributed by atoms with Crippen LogP contribution in [0.4, 0.5) is 0 Å². The van der Waals surface area contributed by atoms with Crippen molar-refractivity contribution >= 4 is 31.3 Å². The van der Waals surface area contributed by atoms with Crippen LogP contribution in [0.1, 0.15) is 26.7 Å². The largest absolute Gasteiger partial charge is 0.481 e. The SMILES string of the molecule is CCC(CC)(C(=O)O)P(=O)(O)O.CSCC(=O)O. The minimum absolute atomic E-state index is 0.0664. The number of thioether (sulfide) groups is 1. The van der Waals surface area contributed by atoms with E-state index in [2.05, 4.69) is 0 Å². The van der Waals surface area contributed by atoms with Gasteiger partial charge < -0.3 is 20.0 Å². The van der Waals surface area contributed by atoms with Crippen LogP contribution in [0.5, 0.6) is 0 Å². The molecule has 0 saturated carbocycles. The van der Waals surface area contributed by atoms with E-state index in [9.17, 15) is 14.2 Å². The predicted molar refractivity (Wildman–Crippen MR) is 69.0 cm³/mol. The van der Waals surface area contributed by atoms with E-state index in [0.29, 0.717) is 0 Å². The second-order valence-electron chi connectivity index (χ2n) is 3.41. The maximum absolute atomic E-state index is 10.9. The average molecular weight is 302 g/mol.